The molecule has 1 aliphatic heterocycles. The topological polar surface area (TPSA) is 61.0 Å². The van der Waals surface area contributed by atoms with Crippen molar-refractivity contribution in [3.8, 4) is 0 Å². The van der Waals surface area contributed by atoms with Crippen LogP contribution in [0.15, 0.2) is 30.7 Å². The third-order valence-electron chi connectivity index (χ3n) is 4.53. The van der Waals surface area contributed by atoms with Crippen molar-refractivity contribution < 1.29 is 13.6 Å². The van der Waals surface area contributed by atoms with Gasteiger partial charge in [-0.15, -0.1) is 0 Å². The fourth-order valence-corrected chi connectivity index (χ4v) is 3.09. The van der Waals surface area contributed by atoms with Crippen LogP contribution in [0.3, 0.4) is 0 Å². The number of halogens is 2. The lowest BCUT2D eigenvalue weighted by Gasteiger charge is -2.32. The second kappa shape index (κ2) is 6.98. The van der Waals surface area contributed by atoms with Gasteiger partial charge in [0.05, 0.1) is 12.4 Å². The van der Waals surface area contributed by atoms with Gasteiger partial charge in [0.1, 0.15) is 0 Å². The summed E-state index contributed by atoms with van der Waals surface area (Å²) < 4.78 is 27.1. The van der Waals surface area contributed by atoms with Crippen LogP contribution in [-0.4, -0.2) is 34.0 Å². The molecule has 0 spiro atoms. The van der Waals surface area contributed by atoms with Gasteiger partial charge in [0.25, 0.3) is 0 Å². The van der Waals surface area contributed by atoms with Gasteiger partial charge in [0.15, 0.2) is 11.6 Å². The lowest BCUT2D eigenvalue weighted by molar-refractivity contribution is 0.177. The van der Waals surface area contributed by atoms with Crippen LogP contribution < -0.4 is 5.32 Å². The second-order valence-electron chi connectivity index (χ2n) is 6.08. The van der Waals surface area contributed by atoms with Gasteiger partial charge in [0.2, 0.25) is 0 Å². The van der Waals surface area contributed by atoms with E-state index in [4.69, 9.17) is 0 Å². The summed E-state index contributed by atoms with van der Waals surface area (Å²) in [4.78, 5) is 21.2. The van der Waals surface area contributed by atoms with E-state index in [0.29, 0.717) is 19.0 Å². The Morgan fingerprint density at radius 1 is 1.38 bits per heavy atom. The van der Waals surface area contributed by atoms with Gasteiger partial charge in [-0.1, -0.05) is 12.1 Å². The highest BCUT2D eigenvalue weighted by molar-refractivity contribution is 5.74. The van der Waals surface area contributed by atoms with E-state index in [9.17, 15) is 13.6 Å². The molecule has 5 nitrogen and oxygen atoms in total. The van der Waals surface area contributed by atoms with Crippen molar-refractivity contribution in [1.29, 1.82) is 0 Å². The molecule has 1 fully saturated rings. The maximum atomic E-state index is 13.8. The average molecular weight is 334 g/mol. The average Bonchev–Trinajstić information content (AvgIpc) is 3.12. The summed E-state index contributed by atoms with van der Waals surface area (Å²) in [5.41, 5.74) is 1.24. The molecule has 7 heteroatoms. The van der Waals surface area contributed by atoms with Gasteiger partial charge in [-0.05, 0) is 25.8 Å². The molecule has 1 unspecified atom stereocenters. The van der Waals surface area contributed by atoms with E-state index in [1.54, 1.807) is 18.2 Å². The van der Waals surface area contributed by atoms with Crippen LogP contribution in [0.2, 0.25) is 0 Å². The van der Waals surface area contributed by atoms with Crippen LogP contribution in [0.1, 0.15) is 43.0 Å². The van der Waals surface area contributed by atoms with E-state index < -0.39 is 17.7 Å². The van der Waals surface area contributed by atoms with E-state index in [1.807, 2.05) is 6.20 Å². The first-order valence-corrected chi connectivity index (χ1v) is 8.04. The number of hydrogen-bond acceptors (Lipinski definition) is 2. The molecule has 1 aliphatic rings. The number of benzene rings is 1. The molecule has 2 heterocycles. The number of carbonyl (C=O) groups is 1. The van der Waals surface area contributed by atoms with Gasteiger partial charge < -0.3 is 15.2 Å². The van der Waals surface area contributed by atoms with Gasteiger partial charge in [-0.2, -0.15) is 0 Å². The second-order valence-corrected chi connectivity index (χ2v) is 6.08. The fourth-order valence-electron chi connectivity index (χ4n) is 3.09. The van der Waals surface area contributed by atoms with Crippen LogP contribution in [0, 0.1) is 11.6 Å². The first-order chi connectivity index (χ1) is 11.6. The number of amides is 2. The van der Waals surface area contributed by atoms with Gasteiger partial charge in [-0.3, -0.25) is 0 Å². The zero-order chi connectivity index (χ0) is 17.1. The standard InChI is InChI=1S/C17H20F2N4O/c1-11(13-3-2-4-14(18)16(13)19)22-17(24)23-7-5-12(6-8-23)15-9-20-10-21-15/h2-4,9-12H,5-8H2,1H3,(H,20,21)(H,22,24). The Hall–Kier alpha value is -2.44. The van der Waals surface area contributed by atoms with Crippen molar-refractivity contribution in [1.82, 2.24) is 20.2 Å². The van der Waals surface area contributed by atoms with Crippen LogP contribution >= 0.6 is 0 Å². The van der Waals surface area contributed by atoms with Crippen molar-refractivity contribution in [3.63, 3.8) is 0 Å². The molecule has 1 saturated heterocycles. The monoisotopic (exact) mass is 334 g/mol. The van der Waals surface area contributed by atoms with Gasteiger partial charge in [0, 0.05) is 36.5 Å². The molecule has 0 bridgehead atoms. The molecular weight excluding hydrogens is 314 g/mol. The van der Waals surface area contributed by atoms with Crippen LogP contribution in [0.4, 0.5) is 13.6 Å². The van der Waals surface area contributed by atoms with Crippen LogP contribution in [-0.2, 0) is 0 Å². The third-order valence-corrected chi connectivity index (χ3v) is 4.53. The predicted molar refractivity (Wildman–Crippen MR) is 85.4 cm³/mol. The van der Waals surface area contributed by atoms with Crippen LogP contribution in [0.25, 0.3) is 0 Å². The Bertz CT molecular complexity index is 697. The summed E-state index contributed by atoms with van der Waals surface area (Å²) >= 11 is 0. The molecule has 2 N–H and O–H groups in total. The van der Waals surface area contributed by atoms with E-state index in [0.717, 1.165) is 24.6 Å². The first kappa shape index (κ1) is 16.4. The minimum atomic E-state index is -0.914. The minimum Gasteiger partial charge on any atom is -0.348 e. The highest BCUT2D eigenvalue weighted by Gasteiger charge is 2.26. The number of aromatic amines is 1. The molecule has 0 radical (unpaired) electrons. The highest BCUT2D eigenvalue weighted by Crippen LogP contribution is 2.26. The lowest BCUT2D eigenvalue weighted by atomic mass is 9.94. The highest BCUT2D eigenvalue weighted by atomic mass is 19.2. The molecule has 2 amide bonds. The zero-order valence-corrected chi connectivity index (χ0v) is 13.4. The number of nitrogens with zero attached hydrogens (tertiary/aromatic N) is 2. The number of rotatable bonds is 3. The summed E-state index contributed by atoms with van der Waals surface area (Å²) in [6.07, 6.45) is 5.16. The maximum Gasteiger partial charge on any atom is 0.317 e. The molecule has 24 heavy (non-hydrogen) atoms. The van der Waals surface area contributed by atoms with Gasteiger partial charge >= 0.3 is 6.03 Å². The number of piperidine rings is 1. The van der Waals surface area contributed by atoms with E-state index in [-0.39, 0.29) is 11.6 Å². The fraction of sp³-hybridized carbons (Fsp3) is 0.412. The van der Waals surface area contributed by atoms with Crippen molar-refractivity contribution in [3.05, 3.63) is 53.6 Å². The number of likely N-dealkylation sites (tertiary alicyclic amines) is 1. The molecule has 1 aromatic heterocycles. The molecule has 1 atom stereocenters. The molecule has 128 valence electrons. The molecule has 1 aromatic carbocycles. The van der Waals surface area contributed by atoms with E-state index in [1.165, 1.54) is 12.1 Å². The van der Waals surface area contributed by atoms with E-state index >= 15 is 0 Å². The molecule has 0 aliphatic carbocycles. The first-order valence-electron chi connectivity index (χ1n) is 8.04. The molecular formula is C17H20F2N4O. The summed E-state index contributed by atoms with van der Waals surface area (Å²) in [6.45, 7) is 2.88. The number of aromatic nitrogens is 2. The third kappa shape index (κ3) is 3.39. The number of carbonyl (C=O) groups excluding carboxylic acids is 1. The minimum absolute atomic E-state index is 0.149. The number of urea groups is 1. The van der Waals surface area contributed by atoms with Gasteiger partial charge in [-0.25, -0.2) is 18.6 Å². The van der Waals surface area contributed by atoms with Crippen LogP contribution in [0.5, 0.6) is 0 Å². The number of nitrogens with one attached hydrogen (secondary N) is 2. The Morgan fingerprint density at radius 2 is 2.12 bits per heavy atom. The largest absolute Gasteiger partial charge is 0.348 e. The van der Waals surface area contributed by atoms with Crippen molar-refractivity contribution >= 4 is 6.03 Å². The smallest absolute Gasteiger partial charge is 0.317 e. The lowest BCUT2D eigenvalue weighted by Crippen LogP contribution is -2.45. The quantitative estimate of drug-likeness (QED) is 0.904. The Kier molecular flexibility index (Phi) is 4.78. The number of hydrogen-bond donors (Lipinski definition) is 2. The summed E-state index contributed by atoms with van der Waals surface area (Å²) in [6, 6.07) is 3.13. The predicted octanol–water partition coefficient (Wildman–Crippen LogP) is 3.34. The normalized spacial score (nSPS) is 16.9. The van der Waals surface area contributed by atoms with Crippen molar-refractivity contribution in [2.45, 2.75) is 31.7 Å². The SMILES string of the molecule is CC(NC(=O)N1CCC(c2cnc[nH]2)CC1)c1cccc(F)c1F. The number of H-pyrrole nitrogens is 1. The van der Waals surface area contributed by atoms with Crippen molar-refractivity contribution in [2.24, 2.45) is 0 Å². The Balaban J connectivity index is 1.57. The summed E-state index contributed by atoms with van der Waals surface area (Å²) in [7, 11) is 0. The maximum absolute atomic E-state index is 13.8. The Labute approximate surface area is 139 Å². The number of imidazole rings is 1. The molecule has 0 saturated carbocycles. The molecule has 2 aromatic rings. The summed E-state index contributed by atoms with van der Waals surface area (Å²) in [5.74, 6) is -1.45. The Morgan fingerprint density at radius 3 is 2.79 bits per heavy atom. The molecule has 3 rings (SSSR count). The van der Waals surface area contributed by atoms with Crippen molar-refractivity contribution in [2.75, 3.05) is 13.1 Å². The van der Waals surface area contributed by atoms with E-state index in [2.05, 4.69) is 15.3 Å². The summed E-state index contributed by atoms with van der Waals surface area (Å²) in [5, 5.41) is 2.74. The zero-order valence-electron chi connectivity index (χ0n) is 13.4.